The van der Waals surface area contributed by atoms with Gasteiger partial charge >= 0.3 is 0 Å². The van der Waals surface area contributed by atoms with Gasteiger partial charge in [-0.1, -0.05) is 23.8 Å². The number of fused-ring (bicyclic) bond motifs is 1. The van der Waals surface area contributed by atoms with Gasteiger partial charge in [0.05, 0.1) is 0 Å². The van der Waals surface area contributed by atoms with E-state index in [0.29, 0.717) is 18.6 Å². The van der Waals surface area contributed by atoms with Crippen molar-refractivity contribution in [3.05, 3.63) is 34.9 Å². The molecule has 1 fully saturated rings. The van der Waals surface area contributed by atoms with Gasteiger partial charge in [0.15, 0.2) is 0 Å². The largest absolute Gasteiger partial charge is 0.329 e. The maximum absolute atomic E-state index is 6.01. The van der Waals surface area contributed by atoms with Crippen molar-refractivity contribution in [2.45, 2.75) is 19.0 Å². The van der Waals surface area contributed by atoms with E-state index in [9.17, 15) is 0 Å². The number of hydrogen-bond donors (Lipinski definition) is 2. The average Bonchev–Trinajstić information content (AvgIpc) is 2.48. The van der Waals surface area contributed by atoms with E-state index in [1.807, 2.05) is 0 Å². The van der Waals surface area contributed by atoms with Crippen LogP contribution in [0.5, 0.6) is 0 Å². The minimum absolute atomic E-state index is 0.366. The molecule has 2 aliphatic heterocycles. The molecule has 1 aromatic carbocycles. The van der Waals surface area contributed by atoms with Gasteiger partial charge in [-0.3, -0.25) is 9.80 Å². The van der Waals surface area contributed by atoms with Gasteiger partial charge in [-0.15, -0.1) is 0 Å². The quantitative estimate of drug-likeness (QED) is 0.840. The highest BCUT2D eigenvalue weighted by atomic mass is 15.3. The van der Waals surface area contributed by atoms with E-state index in [1.165, 1.54) is 16.7 Å². The van der Waals surface area contributed by atoms with E-state index in [-0.39, 0.29) is 0 Å². The first-order valence-electron chi connectivity index (χ1n) is 7.66. The van der Waals surface area contributed by atoms with Gasteiger partial charge in [-0.2, -0.15) is 0 Å². The Hall–Kier alpha value is -0.940. The number of rotatable bonds is 2. The Kier molecular flexibility index (Phi) is 4.08. The van der Waals surface area contributed by atoms with Gasteiger partial charge in [-0.05, 0) is 25.1 Å². The number of nitrogens with one attached hydrogen (secondary N) is 1. The van der Waals surface area contributed by atoms with E-state index in [1.54, 1.807) is 0 Å². The zero-order valence-corrected chi connectivity index (χ0v) is 12.6. The zero-order chi connectivity index (χ0) is 14.1. The second kappa shape index (κ2) is 5.82. The topological polar surface area (TPSA) is 44.5 Å². The van der Waals surface area contributed by atoms with Crippen molar-refractivity contribution in [3.8, 4) is 0 Å². The minimum atomic E-state index is 0.366. The highest BCUT2D eigenvalue weighted by Crippen LogP contribution is 2.37. The number of nitrogens with zero attached hydrogens (tertiary/aromatic N) is 2. The monoisotopic (exact) mass is 274 g/mol. The molecule has 2 unspecified atom stereocenters. The lowest BCUT2D eigenvalue weighted by atomic mass is 9.87. The molecule has 1 saturated heterocycles. The molecule has 2 heterocycles. The van der Waals surface area contributed by atoms with Gasteiger partial charge in [-0.25, -0.2) is 0 Å². The third-order valence-electron chi connectivity index (χ3n) is 4.77. The Labute approximate surface area is 121 Å². The van der Waals surface area contributed by atoms with Crippen molar-refractivity contribution in [2.24, 2.45) is 5.73 Å². The lowest BCUT2D eigenvalue weighted by Gasteiger charge is -2.44. The van der Waals surface area contributed by atoms with Crippen LogP contribution in [-0.4, -0.2) is 56.1 Å². The summed E-state index contributed by atoms with van der Waals surface area (Å²) in [6, 6.07) is 7.75. The average molecular weight is 274 g/mol. The van der Waals surface area contributed by atoms with E-state index >= 15 is 0 Å². The summed E-state index contributed by atoms with van der Waals surface area (Å²) < 4.78 is 0. The van der Waals surface area contributed by atoms with Gasteiger partial charge in [0.25, 0.3) is 0 Å². The molecule has 3 rings (SSSR count). The summed E-state index contributed by atoms with van der Waals surface area (Å²) in [6.07, 6.45) is 0. The van der Waals surface area contributed by atoms with Crippen LogP contribution in [0.25, 0.3) is 0 Å². The van der Waals surface area contributed by atoms with E-state index in [0.717, 1.165) is 32.7 Å². The van der Waals surface area contributed by atoms with Crippen LogP contribution in [0.3, 0.4) is 0 Å². The Morgan fingerprint density at radius 2 is 2.00 bits per heavy atom. The zero-order valence-electron chi connectivity index (χ0n) is 12.6. The minimum Gasteiger partial charge on any atom is -0.329 e. The van der Waals surface area contributed by atoms with E-state index in [4.69, 9.17) is 5.73 Å². The Balaban J connectivity index is 1.97. The fourth-order valence-corrected chi connectivity index (χ4v) is 3.63. The molecule has 0 spiro atoms. The van der Waals surface area contributed by atoms with Crippen molar-refractivity contribution in [1.82, 2.24) is 15.1 Å². The van der Waals surface area contributed by atoms with Gasteiger partial charge in [0.1, 0.15) is 0 Å². The molecule has 3 N–H and O–H groups in total. The summed E-state index contributed by atoms with van der Waals surface area (Å²) in [5.74, 6) is 0. The van der Waals surface area contributed by atoms with Gasteiger partial charge in [0, 0.05) is 51.4 Å². The molecule has 0 saturated carbocycles. The first kappa shape index (κ1) is 14.0. The number of aryl methyl sites for hydroxylation is 1. The number of hydrogen-bond acceptors (Lipinski definition) is 4. The maximum Gasteiger partial charge on any atom is 0.0479 e. The molecule has 20 heavy (non-hydrogen) atoms. The molecular formula is C16H26N4. The lowest BCUT2D eigenvalue weighted by Crippen LogP contribution is -2.50. The van der Waals surface area contributed by atoms with E-state index in [2.05, 4.69) is 47.3 Å². The van der Waals surface area contributed by atoms with Crippen LogP contribution in [0.1, 0.15) is 28.8 Å². The normalized spacial score (nSPS) is 28.4. The van der Waals surface area contributed by atoms with Crippen LogP contribution in [0, 0.1) is 6.92 Å². The standard InChI is InChI=1S/C16H26N4/c1-12-3-4-13-14(9-12)16(11-19(2)15(13)10-17)20-7-5-18-6-8-20/h3-4,9,15-16,18H,5-8,10-11,17H2,1-2H3. The molecule has 1 aromatic rings. The first-order valence-corrected chi connectivity index (χ1v) is 7.66. The third kappa shape index (κ3) is 2.49. The molecule has 4 nitrogen and oxygen atoms in total. The second-order valence-electron chi connectivity index (χ2n) is 6.13. The summed E-state index contributed by atoms with van der Waals surface area (Å²) in [4.78, 5) is 5.04. The number of nitrogens with two attached hydrogens (primary N) is 1. The smallest absolute Gasteiger partial charge is 0.0479 e. The van der Waals surface area contributed by atoms with Crippen LogP contribution in [0.4, 0.5) is 0 Å². The van der Waals surface area contributed by atoms with Crippen molar-refractivity contribution >= 4 is 0 Å². The molecule has 0 amide bonds. The number of piperazine rings is 1. The van der Waals surface area contributed by atoms with Crippen molar-refractivity contribution < 1.29 is 0 Å². The Morgan fingerprint density at radius 3 is 2.70 bits per heavy atom. The fraction of sp³-hybridized carbons (Fsp3) is 0.625. The summed E-state index contributed by atoms with van der Waals surface area (Å²) in [7, 11) is 2.20. The summed E-state index contributed by atoms with van der Waals surface area (Å²) in [5, 5.41) is 3.45. The molecule has 110 valence electrons. The lowest BCUT2D eigenvalue weighted by molar-refractivity contribution is 0.101. The molecule has 2 aliphatic rings. The summed E-state index contributed by atoms with van der Waals surface area (Å²) >= 11 is 0. The predicted octanol–water partition coefficient (Wildman–Crippen LogP) is 0.887. The molecule has 0 bridgehead atoms. The molecular weight excluding hydrogens is 248 g/mol. The van der Waals surface area contributed by atoms with Crippen LogP contribution < -0.4 is 11.1 Å². The Bertz CT molecular complexity index is 468. The predicted molar refractivity (Wildman–Crippen MR) is 82.8 cm³/mol. The highest BCUT2D eigenvalue weighted by Gasteiger charge is 2.33. The van der Waals surface area contributed by atoms with E-state index < -0.39 is 0 Å². The molecule has 0 radical (unpaired) electrons. The SMILES string of the molecule is Cc1ccc2c(c1)C(N1CCNCC1)CN(C)C2CN. The summed E-state index contributed by atoms with van der Waals surface area (Å²) in [6.45, 7) is 8.44. The van der Waals surface area contributed by atoms with Crippen molar-refractivity contribution in [2.75, 3.05) is 46.3 Å². The van der Waals surface area contributed by atoms with Crippen LogP contribution in [-0.2, 0) is 0 Å². The number of likely N-dealkylation sites (N-methyl/N-ethyl adjacent to an activating group) is 1. The number of benzene rings is 1. The van der Waals surface area contributed by atoms with Gasteiger partial charge in [0.2, 0.25) is 0 Å². The second-order valence-corrected chi connectivity index (χ2v) is 6.13. The maximum atomic E-state index is 6.01. The van der Waals surface area contributed by atoms with Crippen LogP contribution in [0.2, 0.25) is 0 Å². The fourth-order valence-electron chi connectivity index (χ4n) is 3.63. The molecule has 0 aliphatic carbocycles. The Morgan fingerprint density at radius 1 is 1.25 bits per heavy atom. The van der Waals surface area contributed by atoms with Crippen molar-refractivity contribution in [3.63, 3.8) is 0 Å². The van der Waals surface area contributed by atoms with Gasteiger partial charge < -0.3 is 11.1 Å². The highest BCUT2D eigenvalue weighted by molar-refractivity contribution is 5.38. The van der Waals surface area contributed by atoms with Crippen LogP contribution >= 0.6 is 0 Å². The van der Waals surface area contributed by atoms with Crippen molar-refractivity contribution in [1.29, 1.82) is 0 Å². The summed E-state index contributed by atoms with van der Waals surface area (Å²) in [5.41, 5.74) is 10.3. The molecule has 2 atom stereocenters. The van der Waals surface area contributed by atoms with Crippen LogP contribution in [0.15, 0.2) is 18.2 Å². The molecule has 0 aromatic heterocycles. The molecule has 4 heteroatoms. The third-order valence-corrected chi connectivity index (χ3v) is 4.77. The first-order chi connectivity index (χ1) is 9.70.